The first kappa shape index (κ1) is 13.7. The summed E-state index contributed by atoms with van der Waals surface area (Å²) in [4.78, 5) is 25.5. The average Bonchev–Trinajstić information content (AvgIpc) is 2.81. The van der Waals surface area contributed by atoms with Gasteiger partial charge in [-0.2, -0.15) is 5.26 Å². The summed E-state index contributed by atoms with van der Waals surface area (Å²) in [5.74, 6) is -1.66. The number of nitriles is 1. The Morgan fingerprint density at radius 3 is 2.87 bits per heavy atom. The van der Waals surface area contributed by atoms with Crippen molar-refractivity contribution in [3.8, 4) is 6.07 Å². The second-order valence-corrected chi connectivity index (χ2v) is 5.91. The molecule has 1 amide bonds. The maximum Gasteiger partial charge on any atom is 0.241 e. The van der Waals surface area contributed by atoms with Crippen molar-refractivity contribution in [3.05, 3.63) is 41.2 Å². The molecule has 114 valence electrons. The third-order valence-corrected chi connectivity index (χ3v) is 4.78. The van der Waals surface area contributed by atoms with E-state index in [-0.39, 0.29) is 17.3 Å². The van der Waals surface area contributed by atoms with Gasteiger partial charge in [-0.25, -0.2) is 0 Å². The van der Waals surface area contributed by atoms with Crippen LogP contribution in [0, 0.1) is 22.7 Å². The van der Waals surface area contributed by atoms with Crippen LogP contribution in [0.2, 0.25) is 0 Å². The highest BCUT2D eigenvalue weighted by atomic mass is 16.5. The summed E-state index contributed by atoms with van der Waals surface area (Å²) in [6.07, 6.45) is 1.45. The summed E-state index contributed by atoms with van der Waals surface area (Å²) in [5.41, 5.74) is -0.0492. The summed E-state index contributed by atoms with van der Waals surface area (Å²) in [5, 5.41) is 20.5. The van der Waals surface area contributed by atoms with Gasteiger partial charge < -0.3 is 10.1 Å². The number of hydrogen-bond acceptors (Lipinski definition) is 5. The monoisotopic (exact) mass is 307 g/mol. The van der Waals surface area contributed by atoms with Crippen molar-refractivity contribution in [2.24, 2.45) is 5.92 Å². The number of Topliss-reactive ketones (excluding diaryl/α,β-unsaturated/α-hetero) is 1. The summed E-state index contributed by atoms with van der Waals surface area (Å²) in [7, 11) is 0. The first-order chi connectivity index (χ1) is 11.1. The van der Waals surface area contributed by atoms with E-state index in [0.717, 1.165) is 0 Å². The molecule has 1 aromatic carbocycles. The normalized spacial score (nSPS) is 28.8. The standard InChI is InChI=1S/C17H13N3O3/c18-8-10-15(19)23-13-7-3-6-12(21)14(13)17(10)9-4-1-2-5-11(9)20-16(17)22/h1-2,4-5,10,19H,3,6-7H2,(H,20,22). The quantitative estimate of drug-likeness (QED) is 0.765. The molecule has 6 nitrogen and oxygen atoms in total. The highest BCUT2D eigenvalue weighted by Gasteiger charge is 2.62. The number of allylic oxidation sites excluding steroid dienone is 1. The van der Waals surface area contributed by atoms with Crippen LogP contribution in [0.5, 0.6) is 0 Å². The first-order valence-corrected chi connectivity index (χ1v) is 7.44. The molecule has 1 spiro atoms. The molecule has 0 saturated heterocycles. The van der Waals surface area contributed by atoms with Crippen LogP contribution in [-0.4, -0.2) is 17.6 Å². The number of para-hydroxylation sites is 1. The van der Waals surface area contributed by atoms with Gasteiger partial charge >= 0.3 is 0 Å². The predicted octanol–water partition coefficient (Wildman–Crippen LogP) is 2.03. The minimum atomic E-state index is -1.46. The number of amides is 1. The lowest BCUT2D eigenvalue weighted by molar-refractivity contribution is -0.124. The molecule has 1 aromatic rings. The molecule has 2 unspecified atom stereocenters. The van der Waals surface area contributed by atoms with Crippen molar-refractivity contribution in [1.82, 2.24) is 0 Å². The van der Waals surface area contributed by atoms with Crippen molar-refractivity contribution in [2.75, 3.05) is 5.32 Å². The fraction of sp³-hybridized carbons (Fsp3) is 0.294. The van der Waals surface area contributed by atoms with E-state index in [4.69, 9.17) is 10.1 Å². The SMILES string of the molecule is N#CC1C(=N)OC2=C(C(=O)CCC2)C12C(=O)Nc1ccccc12. The molecule has 23 heavy (non-hydrogen) atoms. The van der Waals surface area contributed by atoms with E-state index in [1.54, 1.807) is 24.3 Å². The van der Waals surface area contributed by atoms with Gasteiger partial charge in [0.1, 0.15) is 17.1 Å². The summed E-state index contributed by atoms with van der Waals surface area (Å²) in [6.45, 7) is 0. The molecule has 0 fully saturated rings. The van der Waals surface area contributed by atoms with Gasteiger partial charge in [0, 0.05) is 18.5 Å². The van der Waals surface area contributed by atoms with E-state index in [1.165, 1.54) is 0 Å². The van der Waals surface area contributed by atoms with Crippen LogP contribution in [0.4, 0.5) is 5.69 Å². The van der Waals surface area contributed by atoms with E-state index < -0.39 is 17.2 Å². The number of carbonyl (C=O) groups is 2. The molecule has 2 aliphatic heterocycles. The van der Waals surface area contributed by atoms with Gasteiger partial charge in [-0.15, -0.1) is 0 Å². The number of hydrogen-bond donors (Lipinski definition) is 2. The molecule has 0 aromatic heterocycles. The minimum absolute atomic E-state index is 0.175. The lowest BCUT2D eigenvalue weighted by Crippen LogP contribution is -2.52. The Morgan fingerprint density at radius 2 is 2.09 bits per heavy atom. The van der Waals surface area contributed by atoms with Gasteiger partial charge in [0.2, 0.25) is 11.8 Å². The van der Waals surface area contributed by atoms with E-state index in [2.05, 4.69) is 5.32 Å². The van der Waals surface area contributed by atoms with E-state index in [1.807, 2.05) is 6.07 Å². The Kier molecular flexibility index (Phi) is 2.70. The largest absolute Gasteiger partial charge is 0.446 e. The molecular formula is C17H13N3O3. The molecule has 2 heterocycles. The van der Waals surface area contributed by atoms with E-state index >= 15 is 0 Å². The van der Waals surface area contributed by atoms with Crippen LogP contribution in [0.15, 0.2) is 35.6 Å². The number of nitrogens with one attached hydrogen (secondary N) is 2. The highest BCUT2D eigenvalue weighted by molar-refractivity contribution is 6.19. The van der Waals surface area contributed by atoms with Gasteiger partial charge in [0.25, 0.3) is 0 Å². The summed E-state index contributed by atoms with van der Waals surface area (Å²) in [6, 6.07) is 9.04. The van der Waals surface area contributed by atoms with Crippen LogP contribution in [0.1, 0.15) is 24.8 Å². The Morgan fingerprint density at radius 1 is 1.30 bits per heavy atom. The van der Waals surface area contributed by atoms with Crippen molar-refractivity contribution in [3.63, 3.8) is 0 Å². The van der Waals surface area contributed by atoms with Crippen LogP contribution in [0.3, 0.4) is 0 Å². The molecular weight excluding hydrogens is 294 g/mol. The fourth-order valence-corrected chi connectivity index (χ4v) is 3.86. The molecule has 4 rings (SSSR count). The number of carbonyl (C=O) groups excluding carboxylic acids is 2. The van der Waals surface area contributed by atoms with Crippen molar-refractivity contribution in [2.45, 2.75) is 24.7 Å². The van der Waals surface area contributed by atoms with Gasteiger partial charge in [0.15, 0.2) is 5.78 Å². The molecule has 2 atom stereocenters. The molecule has 6 heteroatoms. The van der Waals surface area contributed by atoms with Crippen LogP contribution < -0.4 is 5.32 Å². The average molecular weight is 307 g/mol. The zero-order chi connectivity index (χ0) is 16.2. The molecule has 3 aliphatic rings. The maximum atomic E-state index is 12.9. The fourth-order valence-electron chi connectivity index (χ4n) is 3.86. The minimum Gasteiger partial charge on any atom is -0.446 e. The third-order valence-electron chi connectivity index (χ3n) is 4.78. The zero-order valence-electron chi connectivity index (χ0n) is 12.2. The lowest BCUT2D eigenvalue weighted by Gasteiger charge is -2.40. The first-order valence-electron chi connectivity index (χ1n) is 7.44. The second kappa shape index (κ2) is 4.53. The van der Waals surface area contributed by atoms with E-state index in [9.17, 15) is 14.9 Å². The molecule has 2 N–H and O–H groups in total. The third kappa shape index (κ3) is 1.54. The highest BCUT2D eigenvalue weighted by Crippen LogP contribution is 2.53. The smallest absolute Gasteiger partial charge is 0.241 e. The topological polar surface area (TPSA) is 103 Å². The number of anilines is 1. The van der Waals surface area contributed by atoms with Crippen LogP contribution in [-0.2, 0) is 19.7 Å². The van der Waals surface area contributed by atoms with Crippen LogP contribution >= 0.6 is 0 Å². The summed E-state index contributed by atoms with van der Waals surface area (Å²) < 4.78 is 5.45. The maximum absolute atomic E-state index is 12.9. The number of rotatable bonds is 0. The van der Waals surface area contributed by atoms with Crippen molar-refractivity contribution < 1.29 is 14.3 Å². The zero-order valence-corrected chi connectivity index (χ0v) is 12.2. The van der Waals surface area contributed by atoms with Crippen molar-refractivity contribution in [1.29, 1.82) is 10.7 Å². The molecule has 0 bridgehead atoms. The van der Waals surface area contributed by atoms with Gasteiger partial charge in [-0.3, -0.25) is 15.0 Å². The predicted molar refractivity (Wildman–Crippen MR) is 80.5 cm³/mol. The lowest BCUT2D eigenvalue weighted by atomic mass is 9.62. The number of fused-ring (bicyclic) bond motifs is 3. The number of ether oxygens (including phenoxy) is 1. The molecule has 0 radical (unpaired) electrons. The van der Waals surface area contributed by atoms with Gasteiger partial charge in [-0.1, -0.05) is 18.2 Å². The van der Waals surface area contributed by atoms with Gasteiger partial charge in [-0.05, 0) is 18.1 Å². The molecule has 1 aliphatic carbocycles. The molecule has 0 saturated carbocycles. The number of benzene rings is 1. The number of ketones is 1. The van der Waals surface area contributed by atoms with Gasteiger partial charge in [0.05, 0.1) is 11.6 Å². The Bertz CT molecular complexity index is 849. The second-order valence-electron chi connectivity index (χ2n) is 5.91. The summed E-state index contributed by atoms with van der Waals surface area (Å²) >= 11 is 0. The van der Waals surface area contributed by atoms with E-state index in [0.29, 0.717) is 36.3 Å². The Balaban J connectivity index is 2.11. The Hall–Kier alpha value is -2.94. The van der Waals surface area contributed by atoms with Crippen LogP contribution in [0.25, 0.3) is 0 Å². The number of nitrogens with zero attached hydrogens (tertiary/aromatic N) is 1. The van der Waals surface area contributed by atoms with Crippen molar-refractivity contribution >= 4 is 23.3 Å². The Labute approximate surface area is 132 Å².